The van der Waals surface area contributed by atoms with Crippen LogP contribution < -0.4 is 5.32 Å². The van der Waals surface area contributed by atoms with Crippen LogP contribution in [-0.4, -0.2) is 26.2 Å². The average Bonchev–Trinajstić information content (AvgIpc) is 2.40. The van der Waals surface area contributed by atoms with E-state index in [0.717, 1.165) is 24.1 Å². The Morgan fingerprint density at radius 1 is 1.44 bits per heavy atom. The second-order valence-electron chi connectivity index (χ2n) is 4.51. The van der Waals surface area contributed by atoms with E-state index in [-0.39, 0.29) is 11.8 Å². The predicted octanol–water partition coefficient (Wildman–Crippen LogP) is 2.20. The van der Waals surface area contributed by atoms with Crippen LogP contribution >= 0.6 is 0 Å². The van der Waals surface area contributed by atoms with Crippen LogP contribution in [-0.2, 0) is 20.9 Å². The first kappa shape index (κ1) is 13.1. The molecular formula is C14H19NO3. The average molecular weight is 249 g/mol. The molecule has 0 radical (unpaired) electrons. The second kappa shape index (κ2) is 6.52. The smallest absolute Gasteiger partial charge is 0.227 e. The van der Waals surface area contributed by atoms with Gasteiger partial charge in [-0.1, -0.05) is 12.1 Å². The van der Waals surface area contributed by atoms with Crippen molar-refractivity contribution in [2.75, 3.05) is 25.6 Å². The molecule has 1 aromatic rings. The first-order chi connectivity index (χ1) is 8.79. The van der Waals surface area contributed by atoms with Crippen molar-refractivity contribution in [3.05, 3.63) is 29.8 Å². The van der Waals surface area contributed by atoms with Crippen LogP contribution in [0.2, 0.25) is 0 Å². The second-order valence-corrected chi connectivity index (χ2v) is 4.51. The quantitative estimate of drug-likeness (QED) is 0.890. The van der Waals surface area contributed by atoms with E-state index < -0.39 is 0 Å². The number of carbonyl (C=O) groups is 1. The van der Waals surface area contributed by atoms with Gasteiger partial charge in [0.1, 0.15) is 0 Å². The molecule has 4 nitrogen and oxygen atoms in total. The van der Waals surface area contributed by atoms with E-state index in [9.17, 15) is 4.79 Å². The minimum atomic E-state index is 0.0739. The largest absolute Gasteiger partial charge is 0.381 e. The van der Waals surface area contributed by atoms with Gasteiger partial charge in [0.15, 0.2) is 0 Å². The molecule has 1 aromatic carbocycles. The van der Waals surface area contributed by atoms with Gasteiger partial charge in [0.25, 0.3) is 0 Å². The first-order valence-corrected chi connectivity index (χ1v) is 6.26. The van der Waals surface area contributed by atoms with Crippen LogP contribution in [0, 0.1) is 5.92 Å². The molecule has 1 amide bonds. The standard InChI is InChI=1S/C14H19NO3/c1-17-10-11-3-2-4-13(9-11)15-14(16)12-5-7-18-8-6-12/h2-4,9,12H,5-8,10H2,1H3,(H,15,16). The Hall–Kier alpha value is -1.39. The number of benzene rings is 1. The molecule has 0 unspecified atom stereocenters. The highest BCUT2D eigenvalue weighted by atomic mass is 16.5. The summed E-state index contributed by atoms with van der Waals surface area (Å²) in [5, 5.41) is 2.96. The number of hydrogen-bond acceptors (Lipinski definition) is 3. The van der Waals surface area contributed by atoms with Crippen LogP contribution in [0.25, 0.3) is 0 Å². The van der Waals surface area contributed by atoms with Gasteiger partial charge in [-0.15, -0.1) is 0 Å². The van der Waals surface area contributed by atoms with Gasteiger partial charge in [-0.3, -0.25) is 4.79 Å². The van der Waals surface area contributed by atoms with E-state index in [4.69, 9.17) is 9.47 Å². The van der Waals surface area contributed by atoms with E-state index in [1.54, 1.807) is 7.11 Å². The maximum Gasteiger partial charge on any atom is 0.227 e. The summed E-state index contributed by atoms with van der Waals surface area (Å²) in [5.41, 5.74) is 1.89. The minimum Gasteiger partial charge on any atom is -0.381 e. The summed E-state index contributed by atoms with van der Waals surface area (Å²) in [6.45, 7) is 1.92. The lowest BCUT2D eigenvalue weighted by atomic mass is 9.99. The molecule has 1 aliphatic heterocycles. The van der Waals surface area contributed by atoms with E-state index in [2.05, 4.69) is 5.32 Å². The lowest BCUT2D eigenvalue weighted by Crippen LogP contribution is -2.28. The fourth-order valence-corrected chi connectivity index (χ4v) is 2.11. The lowest BCUT2D eigenvalue weighted by molar-refractivity contribution is -0.122. The van der Waals surface area contributed by atoms with Crippen LogP contribution in [0.15, 0.2) is 24.3 Å². The normalized spacial score (nSPS) is 16.5. The van der Waals surface area contributed by atoms with Gasteiger partial charge in [0.2, 0.25) is 5.91 Å². The third kappa shape index (κ3) is 3.55. The highest BCUT2D eigenvalue weighted by Crippen LogP contribution is 2.18. The highest BCUT2D eigenvalue weighted by molar-refractivity contribution is 5.92. The van der Waals surface area contributed by atoms with Crippen molar-refractivity contribution < 1.29 is 14.3 Å². The molecule has 4 heteroatoms. The molecule has 1 heterocycles. The maximum atomic E-state index is 12.0. The maximum absolute atomic E-state index is 12.0. The minimum absolute atomic E-state index is 0.0739. The van der Waals surface area contributed by atoms with Gasteiger partial charge in [-0.2, -0.15) is 0 Å². The van der Waals surface area contributed by atoms with E-state index in [0.29, 0.717) is 19.8 Å². The van der Waals surface area contributed by atoms with Gasteiger partial charge in [-0.05, 0) is 30.5 Å². The van der Waals surface area contributed by atoms with Crippen LogP contribution in [0.4, 0.5) is 5.69 Å². The van der Waals surface area contributed by atoms with Gasteiger partial charge in [-0.25, -0.2) is 0 Å². The summed E-state index contributed by atoms with van der Waals surface area (Å²) in [5.74, 6) is 0.165. The zero-order valence-corrected chi connectivity index (χ0v) is 10.6. The topological polar surface area (TPSA) is 47.6 Å². The molecule has 1 aliphatic rings. The number of carbonyl (C=O) groups excluding carboxylic acids is 1. The van der Waals surface area contributed by atoms with E-state index in [1.807, 2.05) is 24.3 Å². The van der Waals surface area contributed by atoms with Crippen molar-refractivity contribution in [2.45, 2.75) is 19.4 Å². The number of nitrogens with one attached hydrogen (secondary N) is 1. The highest BCUT2D eigenvalue weighted by Gasteiger charge is 2.21. The van der Waals surface area contributed by atoms with Gasteiger partial charge < -0.3 is 14.8 Å². The number of rotatable bonds is 4. The summed E-state index contributed by atoms with van der Waals surface area (Å²) in [6.07, 6.45) is 1.62. The van der Waals surface area contributed by atoms with Crippen molar-refractivity contribution in [1.82, 2.24) is 0 Å². The number of anilines is 1. The van der Waals surface area contributed by atoms with Gasteiger partial charge in [0.05, 0.1) is 6.61 Å². The number of ether oxygens (including phenoxy) is 2. The summed E-state index contributed by atoms with van der Waals surface area (Å²) >= 11 is 0. The molecule has 1 fully saturated rings. The summed E-state index contributed by atoms with van der Waals surface area (Å²) < 4.78 is 10.3. The van der Waals surface area contributed by atoms with Crippen LogP contribution in [0.5, 0.6) is 0 Å². The van der Waals surface area contributed by atoms with Crippen molar-refractivity contribution >= 4 is 11.6 Å². The molecule has 2 rings (SSSR count). The van der Waals surface area contributed by atoms with Crippen molar-refractivity contribution in [1.29, 1.82) is 0 Å². The Bertz CT molecular complexity index is 400. The molecule has 0 aliphatic carbocycles. The predicted molar refractivity (Wildman–Crippen MR) is 69.3 cm³/mol. The van der Waals surface area contributed by atoms with E-state index in [1.165, 1.54) is 0 Å². The fourth-order valence-electron chi connectivity index (χ4n) is 2.11. The molecule has 0 aromatic heterocycles. The zero-order valence-electron chi connectivity index (χ0n) is 10.6. The Kier molecular flexibility index (Phi) is 4.73. The third-order valence-electron chi connectivity index (χ3n) is 3.10. The Morgan fingerprint density at radius 3 is 2.94 bits per heavy atom. The molecule has 0 saturated carbocycles. The molecule has 0 spiro atoms. The molecule has 0 atom stereocenters. The first-order valence-electron chi connectivity index (χ1n) is 6.26. The molecule has 1 saturated heterocycles. The number of methoxy groups -OCH3 is 1. The van der Waals surface area contributed by atoms with Crippen molar-refractivity contribution in [2.24, 2.45) is 5.92 Å². The van der Waals surface area contributed by atoms with Gasteiger partial charge >= 0.3 is 0 Å². The van der Waals surface area contributed by atoms with Gasteiger partial charge in [0, 0.05) is 31.9 Å². The number of amides is 1. The molecule has 18 heavy (non-hydrogen) atoms. The fraction of sp³-hybridized carbons (Fsp3) is 0.500. The third-order valence-corrected chi connectivity index (χ3v) is 3.10. The molecular weight excluding hydrogens is 230 g/mol. The van der Waals surface area contributed by atoms with Crippen LogP contribution in [0.3, 0.4) is 0 Å². The zero-order chi connectivity index (χ0) is 12.8. The Balaban J connectivity index is 1.95. The number of hydrogen-bond donors (Lipinski definition) is 1. The Morgan fingerprint density at radius 2 is 2.22 bits per heavy atom. The summed E-state index contributed by atoms with van der Waals surface area (Å²) in [7, 11) is 1.66. The Labute approximate surface area is 107 Å². The molecule has 1 N–H and O–H groups in total. The van der Waals surface area contributed by atoms with Crippen molar-refractivity contribution in [3.63, 3.8) is 0 Å². The SMILES string of the molecule is COCc1cccc(NC(=O)C2CCOCC2)c1. The molecule has 0 bridgehead atoms. The lowest BCUT2D eigenvalue weighted by Gasteiger charge is -2.21. The summed E-state index contributed by atoms with van der Waals surface area (Å²) in [6, 6.07) is 7.75. The van der Waals surface area contributed by atoms with E-state index >= 15 is 0 Å². The van der Waals surface area contributed by atoms with Crippen molar-refractivity contribution in [3.8, 4) is 0 Å². The summed E-state index contributed by atoms with van der Waals surface area (Å²) in [4.78, 5) is 12.0. The monoisotopic (exact) mass is 249 g/mol. The molecule has 98 valence electrons. The van der Waals surface area contributed by atoms with Crippen LogP contribution in [0.1, 0.15) is 18.4 Å².